The minimum atomic E-state index is -4.51. The van der Waals surface area contributed by atoms with E-state index in [0.29, 0.717) is 17.6 Å². The van der Waals surface area contributed by atoms with Crippen molar-refractivity contribution in [2.75, 3.05) is 50.4 Å². The molecule has 0 saturated carbocycles. The minimum Gasteiger partial charge on any atom is -0.748 e. The summed E-state index contributed by atoms with van der Waals surface area (Å²) in [7, 11) is -5.52. The Balaban J connectivity index is 1.60. The lowest BCUT2D eigenvalue weighted by Gasteiger charge is -2.40. The zero-order valence-corrected chi connectivity index (χ0v) is 26.7. The lowest BCUT2D eigenvalue weighted by atomic mass is 9.86. The number of carbonyl (C=O) groups excluding carboxylic acids is 2. The molecule has 0 bridgehead atoms. The predicted molar refractivity (Wildman–Crippen MR) is 172 cm³/mol. The van der Waals surface area contributed by atoms with Gasteiger partial charge in [-0.1, -0.05) is 18.3 Å². The van der Waals surface area contributed by atoms with Gasteiger partial charge >= 0.3 is 0 Å². The zero-order valence-electron chi connectivity index (χ0n) is 24.9. The molecule has 44 heavy (non-hydrogen) atoms. The van der Waals surface area contributed by atoms with E-state index in [1.165, 1.54) is 28.4 Å². The SMILES string of the molecule is C=C[Si]1(C)C2=CC(=[N+]3CCC3)C=CC2=C(c2cc(OC=O)ccc2C(=O)N(C)CCS(=O)(=O)[O-])c2ccc(N3CCC3)cc21. The summed E-state index contributed by atoms with van der Waals surface area (Å²) in [6.45, 7) is 10.8. The highest BCUT2D eigenvalue weighted by atomic mass is 32.2. The molecule has 1 amide bonds. The van der Waals surface area contributed by atoms with E-state index < -0.39 is 29.9 Å². The lowest BCUT2D eigenvalue weighted by molar-refractivity contribution is -0.582. The number of allylic oxidation sites excluding steroid dienone is 5. The number of fused-ring (bicyclic) bond motifs is 2. The van der Waals surface area contributed by atoms with Crippen LogP contribution in [-0.2, 0) is 14.9 Å². The summed E-state index contributed by atoms with van der Waals surface area (Å²) in [4.78, 5) is 28.8. The van der Waals surface area contributed by atoms with Gasteiger partial charge in [-0.25, -0.2) is 13.0 Å². The molecule has 0 spiro atoms. The molecular formula is C33H35N3O6SSi. The summed E-state index contributed by atoms with van der Waals surface area (Å²) in [6.07, 6.45) is 8.83. The van der Waals surface area contributed by atoms with Gasteiger partial charge in [-0.3, -0.25) is 9.59 Å². The monoisotopic (exact) mass is 629 g/mol. The number of carbonyl (C=O) groups is 2. The van der Waals surface area contributed by atoms with Crippen LogP contribution in [0.2, 0.25) is 6.55 Å². The Morgan fingerprint density at radius 1 is 1.14 bits per heavy atom. The van der Waals surface area contributed by atoms with E-state index in [2.05, 4.69) is 64.7 Å². The molecule has 4 aliphatic rings. The second kappa shape index (κ2) is 11.5. The van der Waals surface area contributed by atoms with Gasteiger partial charge in [-0.15, -0.1) is 6.58 Å². The topological polar surface area (TPSA) is 110 Å². The molecule has 1 aliphatic carbocycles. The molecule has 9 nitrogen and oxygen atoms in total. The van der Waals surface area contributed by atoms with Crippen LogP contribution in [0, 0.1) is 0 Å². The molecule has 0 radical (unpaired) electrons. The highest BCUT2D eigenvalue weighted by Gasteiger charge is 2.43. The van der Waals surface area contributed by atoms with Gasteiger partial charge < -0.3 is 19.1 Å². The third-order valence-electron chi connectivity index (χ3n) is 9.21. The maximum Gasteiger partial charge on any atom is 0.298 e. The van der Waals surface area contributed by atoms with Crippen LogP contribution in [0.1, 0.15) is 34.3 Å². The molecule has 2 fully saturated rings. The molecule has 11 heteroatoms. The molecule has 228 valence electrons. The minimum absolute atomic E-state index is 0.251. The number of anilines is 1. The maximum atomic E-state index is 13.9. The van der Waals surface area contributed by atoms with Crippen molar-refractivity contribution in [2.24, 2.45) is 0 Å². The lowest BCUT2D eigenvalue weighted by Crippen LogP contribution is -2.51. The molecule has 2 aromatic rings. The molecule has 6 rings (SSSR count). The average molecular weight is 630 g/mol. The fraction of sp³-hybridized carbons (Fsp3) is 0.303. The van der Waals surface area contributed by atoms with Crippen LogP contribution in [0.4, 0.5) is 5.69 Å². The standard InChI is InChI=1S/C33H35N3O6SSi/c1-4-44(3)30-19-23(35-13-5-14-35)7-10-27(30)32(28-11-8-24(20-31(28)44)36-15-6-16-36)29-21-25(42-22-37)9-12-26(29)33(38)34(2)17-18-43(39,40)41/h4,7-12,19-22H,1,5-6,13-18H2,2-3H3. The Labute approximate surface area is 258 Å². The number of ether oxygens (including phenoxy) is 1. The van der Waals surface area contributed by atoms with Gasteiger partial charge in [0.2, 0.25) is 0 Å². The number of amides is 1. The second-order valence-corrected chi connectivity index (χ2v) is 17.2. The van der Waals surface area contributed by atoms with Crippen molar-refractivity contribution >= 4 is 52.7 Å². The van der Waals surface area contributed by atoms with Crippen molar-refractivity contribution in [1.82, 2.24) is 4.90 Å². The van der Waals surface area contributed by atoms with Gasteiger partial charge in [0.1, 0.15) is 26.9 Å². The molecule has 3 aliphatic heterocycles. The van der Waals surface area contributed by atoms with Crippen molar-refractivity contribution in [1.29, 1.82) is 0 Å². The first-order chi connectivity index (χ1) is 21.0. The van der Waals surface area contributed by atoms with E-state index >= 15 is 0 Å². The Kier molecular flexibility index (Phi) is 7.81. The first kappa shape index (κ1) is 30.0. The van der Waals surface area contributed by atoms with E-state index in [1.807, 2.05) is 0 Å². The van der Waals surface area contributed by atoms with Gasteiger partial charge in [0.15, 0.2) is 5.71 Å². The molecule has 0 aromatic heterocycles. The van der Waals surface area contributed by atoms with E-state index in [0.717, 1.165) is 67.1 Å². The van der Waals surface area contributed by atoms with E-state index in [9.17, 15) is 22.6 Å². The fourth-order valence-electron chi connectivity index (χ4n) is 6.30. The predicted octanol–water partition coefficient (Wildman–Crippen LogP) is 2.77. The van der Waals surface area contributed by atoms with Crippen molar-refractivity contribution < 1.29 is 31.9 Å². The Hall–Kier alpha value is -4.06. The smallest absolute Gasteiger partial charge is 0.298 e. The second-order valence-electron chi connectivity index (χ2n) is 11.8. The van der Waals surface area contributed by atoms with Crippen molar-refractivity contribution in [3.8, 4) is 5.75 Å². The molecule has 1 atom stereocenters. The van der Waals surface area contributed by atoms with Gasteiger partial charge in [-0.05, 0) is 75.5 Å². The Bertz CT molecular complexity index is 1820. The third kappa shape index (κ3) is 5.29. The largest absolute Gasteiger partial charge is 0.748 e. The third-order valence-corrected chi connectivity index (χ3v) is 13.8. The van der Waals surface area contributed by atoms with Gasteiger partial charge in [0.05, 0.1) is 22.3 Å². The van der Waals surface area contributed by atoms with Crippen molar-refractivity contribution in [3.05, 3.63) is 94.4 Å². The summed E-state index contributed by atoms with van der Waals surface area (Å²) in [5, 5.41) is 2.37. The van der Waals surface area contributed by atoms with Crippen LogP contribution in [0.15, 0.2) is 77.7 Å². The van der Waals surface area contributed by atoms with Crippen LogP contribution in [-0.4, -0.2) is 94.1 Å². The summed E-state index contributed by atoms with van der Waals surface area (Å²) in [5.74, 6) is -0.864. The van der Waals surface area contributed by atoms with Gasteiger partial charge in [0, 0.05) is 50.1 Å². The quantitative estimate of drug-likeness (QED) is 0.182. The van der Waals surface area contributed by atoms with Crippen LogP contribution < -0.4 is 14.8 Å². The van der Waals surface area contributed by atoms with E-state index in [-0.39, 0.29) is 12.3 Å². The molecule has 1 unspecified atom stereocenters. The number of hydrogen-bond donors (Lipinski definition) is 0. The van der Waals surface area contributed by atoms with E-state index in [1.54, 1.807) is 12.1 Å². The fourth-order valence-corrected chi connectivity index (χ4v) is 9.96. The molecule has 3 heterocycles. The van der Waals surface area contributed by atoms with Crippen LogP contribution >= 0.6 is 0 Å². The molecule has 2 saturated heterocycles. The van der Waals surface area contributed by atoms with Crippen molar-refractivity contribution in [3.63, 3.8) is 0 Å². The normalized spacial score (nSPS) is 20.6. The number of nitrogens with zero attached hydrogens (tertiary/aromatic N) is 3. The Morgan fingerprint density at radius 2 is 1.91 bits per heavy atom. The number of benzene rings is 2. The maximum absolute atomic E-state index is 13.9. The number of hydrogen-bond acceptors (Lipinski definition) is 7. The van der Waals surface area contributed by atoms with Crippen LogP contribution in [0.5, 0.6) is 5.75 Å². The number of rotatable bonds is 9. The summed E-state index contributed by atoms with van der Waals surface area (Å²) in [5.41, 5.74) is 8.10. The summed E-state index contributed by atoms with van der Waals surface area (Å²) in [6, 6.07) is 11.3. The highest BCUT2D eigenvalue weighted by Crippen LogP contribution is 2.44. The first-order valence-electron chi connectivity index (χ1n) is 14.8. The van der Waals surface area contributed by atoms with E-state index in [4.69, 9.17) is 4.74 Å². The molecule has 2 aromatic carbocycles. The van der Waals surface area contributed by atoms with Crippen LogP contribution in [0.3, 0.4) is 0 Å². The molecular weight excluding hydrogens is 595 g/mol. The summed E-state index contributed by atoms with van der Waals surface area (Å²) >= 11 is 0. The zero-order chi connectivity index (χ0) is 31.2. The first-order valence-corrected chi connectivity index (χ1v) is 18.9. The van der Waals surface area contributed by atoms with Gasteiger partial charge in [0.25, 0.3) is 12.4 Å². The molecule has 0 N–H and O–H groups in total. The van der Waals surface area contributed by atoms with Crippen molar-refractivity contribution in [2.45, 2.75) is 19.4 Å². The average Bonchev–Trinajstić information content (AvgIpc) is 2.94. The Morgan fingerprint density at radius 3 is 2.52 bits per heavy atom. The summed E-state index contributed by atoms with van der Waals surface area (Å²) < 4.78 is 41.6. The van der Waals surface area contributed by atoms with Crippen LogP contribution in [0.25, 0.3) is 5.57 Å². The van der Waals surface area contributed by atoms with Gasteiger partial charge in [-0.2, -0.15) is 0 Å². The highest BCUT2D eigenvalue weighted by molar-refractivity contribution is 7.85.